The summed E-state index contributed by atoms with van der Waals surface area (Å²) in [5, 5.41) is 37.7. The monoisotopic (exact) mass is 2090 g/mol. The van der Waals surface area contributed by atoms with Crippen LogP contribution in [0.4, 0.5) is 14.4 Å². The normalized spacial score (nSPS) is 17.0. The van der Waals surface area contributed by atoms with E-state index in [9.17, 15) is 48.3 Å². The smallest absolute Gasteiger partial charge is 0.498 e. The molecule has 147 heavy (non-hydrogen) atoms. The van der Waals surface area contributed by atoms with Crippen molar-refractivity contribution in [2.75, 3.05) is 58.2 Å². The number of amides is 2. The van der Waals surface area contributed by atoms with Crippen molar-refractivity contribution in [1.82, 2.24) is 58.7 Å². The second kappa shape index (κ2) is 51.3. The van der Waals surface area contributed by atoms with Crippen molar-refractivity contribution < 1.29 is 101 Å². The first-order valence-electron chi connectivity index (χ1n) is 48.5. The van der Waals surface area contributed by atoms with Crippen LogP contribution < -0.4 is 33.9 Å². The Kier molecular flexibility index (Phi) is 40.6. The Labute approximate surface area is 878 Å². The molecule has 15 rings (SSSR count). The number of thioether (sulfide) groups is 3. The maximum Gasteiger partial charge on any atom is 0.498 e. The first-order chi connectivity index (χ1) is 69.2. The summed E-state index contributed by atoms with van der Waals surface area (Å²) in [7, 11) is 8.53. The van der Waals surface area contributed by atoms with Gasteiger partial charge in [-0.2, -0.15) is 25.5 Å². The molecule has 4 aliphatic rings. The number of nitrogens with zero attached hydrogens (tertiary/aromatic N) is 12. The molecule has 4 fully saturated rings. The van der Waals surface area contributed by atoms with E-state index in [4.69, 9.17) is 59.2 Å². The highest BCUT2D eigenvalue weighted by Gasteiger charge is 2.53. The van der Waals surface area contributed by atoms with Gasteiger partial charge in [0.05, 0.1) is 74.0 Å². The van der Waals surface area contributed by atoms with Crippen LogP contribution in [-0.2, 0) is 87.7 Å². The lowest BCUT2D eigenvalue weighted by molar-refractivity contribution is -0.159. The van der Waals surface area contributed by atoms with Gasteiger partial charge >= 0.3 is 42.6 Å². The zero-order chi connectivity index (χ0) is 108. The number of hydrogen-bond donors (Lipinski definition) is 2. The molecule has 3 aliphatic heterocycles. The number of benzene rings is 6. The number of ketones is 3. The lowest BCUT2D eigenvalue weighted by Crippen LogP contribution is -2.41. The third-order valence-corrected chi connectivity index (χ3v) is 28.3. The van der Waals surface area contributed by atoms with Crippen molar-refractivity contribution >= 4 is 112 Å². The van der Waals surface area contributed by atoms with Gasteiger partial charge in [0.2, 0.25) is 0 Å². The molecule has 788 valence electrons. The van der Waals surface area contributed by atoms with Gasteiger partial charge in [0.15, 0.2) is 57.2 Å². The predicted molar refractivity (Wildman–Crippen MR) is 567 cm³/mol. The summed E-state index contributed by atoms with van der Waals surface area (Å²) in [6.45, 7) is 35.1. The van der Waals surface area contributed by atoms with Gasteiger partial charge in [0, 0.05) is 140 Å². The van der Waals surface area contributed by atoms with Crippen molar-refractivity contribution in [1.29, 1.82) is 0 Å². The van der Waals surface area contributed by atoms with E-state index in [-0.39, 0.29) is 84.8 Å². The Bertz CT molecular complexity index is 6310. The molecule has 1 aliphatic carbocycles. The third kappa shape index (κ3) is 31.9. The van der Waals surface area contributed by atoms with E-state index in [0.717, 1.165) is 96.8 Å². The van der Waals surface area contributed by atoms with Crippen LogP contribution in [0.2, 0.25) is 0 Å². The van der Waals surface area contributed by atoms with Gasteiger partial charge in [0.1, 0.15) is 17.2 Å². The average Bonchev–Trinajstić information content (AvgIpc) is 1.62. The van der Waals surface area contributed by atoms with Crippen molar-refractivity contribution in [2.24, 2.45) is 70.7 Å². The van der Waals surface area contributed by atoms with Crippen LogP contribution in [0.15, 0.2) is 186 Å². The zero-order valence-electron chi connectivity index (χ0n) is 88.8. The predicted octanol–water partition coefficient (Wildman–Crippen LogP) is 19.4. The number of likely N-dealkylation sites (tertiary alicyclic amines) is 2. The number of esters is 2. The Morgan fingerprint density at radius 2 is 0.741 bits per heavy atom. The van der Waals surface area contributed by atoms with Crippen LogP contribution in [0, 0.1) is 77.0 Å². The number of carbonyl (C=O) groups is 9. The molecule has 1 saturated carbocycles. The molecule has 38 heteroatoms. The first kappa shape index (κ1) is 116. The molecular weight excluding hydrogens is 1960 g/mol. The van der Waals surface area contributed by atoms with E-state index in [1.165, 1.54) is 64.7 Å². The van der Waals surface area contributed by atoms with Crippen LogP contribution in [0.5, 0.6) is 40.2 Å². The summed E-state index contributed by atoms with van der Waals surface area (Å²) < 4.78 is 63.7. The molecule has 0 bridgehead atoms. The molecule has 5 aromatic heterocycles. The van der Waals surface area contributed by atoms with Crippen LogP contribution in [0.25, 0.3) is 0 Å². The molecule has 3 saturated heterocycles. The van der Waals surface area contributed by atoms with Crippen molar-refractivity contribution in [3.63, 3.8) is 0 Å². The molecule has 2 N–H and O–H groups in total. The number of aromatic nitrogens is 10. The molecular formula is C109H138BClN12O21S3. The number of carbonyl (C=O) groups excluding carboxylic acids is 8. The highest BCUT2D eigenvalue weighted by Crippen LogP contribution is 2.43. The highest BCUT2D eigenvalue weighted by atomic mass is 35.5. The average molecular weight is 2090 g/mol. The largest absolute Gasteiger partial charge is 0.505 e. The van der Waals surface area contributed by atoms with Gasteiger partial charge in [-0.3, -0.25) is 37.8 Å². The fraction of sp³-hybridized carbons (Fsp3) is 0.450. The van der Waals surface area contributed by atoms with Gasteiger partial charge in [-0.15, -0.1) is 35.3 Å². The van der Waals surface area contributed by atoms with E-state index < -0.39 is 58.2 Å². The topological polar surface area (TPSA) is 382 Å². The van der Waals surface area contributed by atoms with Crippen LogP contribution >= 0.6 is 46.9 Å². The third-order valence-electron chi connectivity index (χ3n) is 26.0. The Balaban J connectivity index is 0.000000196. The van der Waals surface area contributed by atoms with Gasteiger partial charge in [-0.25, -0.2) is 28.8 Å². The summed E-state index contributed by atoms with van der Waals surface area (Å²) in [6.07, 6.45) is 25.9. The van der Waals surface area contributed by atoms with E-state index in [1.807, 2.05) is 198 Å². The van der Waals surface area contributed by atoms with E-state index >= 15 is 0 Å². The number of carboxylic acid groups (broad SMARTS) is 1. The Morgan fingerprint density at radius 1 is 0.429 bits per heavy atom. The molecule has 0 unspecified atom stereocenters. The lowest BCUT2D eigenvalue weighted by Gasteiger charge is -2.32. The van der Waals surface area contributed by atoms with Crippen molar-refractivity contribution in [3.8, 4) is 40.2 Å². The fourth-order valence-electron chi connectivity index (χ4n) is 17.7. The van der Waals surface area contributed by atoms with Gasteiger partial charge in [-0.1, -0.05) is 79.2 Å². The van der Waals surface area contributed by atoms with E-state index in [2.05, 4.69) is 42.4 Å². The van der Waals surface area contributed by atoms with Crippen LogP contribution in [-0.4, -0.2) is 215 Å². The summed E-state index contributed by atoms with van der Waals surface area (Å²) in [4.78, 5) is 120. The number of Topliss-reactive ketones (excluding diaryl/α,β-unsaturated/α-hetero) is 3. The van der Waals surface area contributed by atoms with E-state index in [0.29, 0.717) is 78.3 Å². The minimum absolute atomic E-state index is 0.00825. The van der Waals surface area contributed by atoms with Crippen molar-refractivity contribution in [3.05, 3.63) is 238 Å². The number of hydrogen-bond acceptors (Lipinski definition) is 28. The minimum Gasteiger partial charge on any atom is -0.505 e. The minimum atomic E-state index is -1.37. The maximum absolute atomic E-state index is 13.8. The molecule has 2 amide bonds. The number of ether oxygens (including phenoxy) is 8. The summed E-state index contributed by atoms with van der Waals surface area (Å²) in [5.41, 5.74) is 6.63. The number of rotatable bonds is 30. The number of aliphatic carboxylic acids is 1. The standard InChI is InChI=1S/C32H39N3O6S.C30H35N3O6S.C28H36O4S.C10H17BN2O2.C5H5ClN2O2.C4H6N2O/c1-8-39-30(37)32(4,5)41-29-20(2)13-22(14-21(29)3)15-24-17-35(31(38)40-25-16-33-34(6)18-25)19-27(24)28(36)23-9-11-26(42-7)12-10-23;1-18-11-20(12-19(2)27(18)39-30(3,4)28(35)36)13-22-15-33(29(37)38-23-14-31-32(5)16-23)17-25(22)26(34)21-7-9-24(40-6)10-8-21;1-7-31-27(30)28(4,5)32-26-18(2)15-20(16-19(26)3)17-22-9-8-10-24(22)25(29)21-11-13-23(33-6)14-12-21;1-9(2)10(3,4)15-11(14-9)8-6-12-13(5)7-8;1-8-3-4(2-7-8)10-5(6)9;1-6-3-4(7)2-5-6/h9-14,16,18,24,27H,8,15,17,19H2,1-7H3;7-12,14,16,22,25H,13,15,17H2,1-6H3,(H,35,36);11-16,22,24H,7-10,17H2,1-6H3;6-7H,1-5H3;2-3H,1H3;2-3,7H,1H3/t24-,27-;22-,25-;22-,24+;;;/m001.../s1. The van der Waals surface area contributed by atoms with Crippen LogP contribution in [0.3, 0.4) is 0 Å². The Hall–Kier alpha value is -12.7. The number of carboxylic acids is 1. The molecule has 6 atom stereocenters. The maximum atomic E-state index is 13.8. The zero-order valence-corrected chi connectivity index (χ0v) is 92.0. The van der Waals surface area contributed by atoms with Gasteiger partial charge in [-0.05, 0) is 280 Å². The lowest BCUT2D eigenvalue weighted by atomic mass is 9.82. The molecule has 33 nitrogen and oxygen atoms in total. The van der Waals surface area contributed by atoms with Gasteiger partial charge in [0.25, 0.3) is 0 Å². The molecule has 0 spiro atoms. The Morgan fingerprint density at radius 3 is 1.03 bits per heavy atom. The van der Waals surface area contributed by atoms with Gasteiger partial charge < -0.3 is 67.2 Å². The first-order valence-corrected chi connectivity index (χ1v) is 52.6. The van der Waals surface area contributed by atoms with Crippen LogP contribution in [0.1, 0.15) is 183 Å². The summed E-state index contributed by atoms with van der Waals surface area (Å²) in [5.74, 6) is 0.920. The van der Waals surface area contributed by atoms with Crippen molar-refractivity contribution in [2.45, 2.75) is 206 Å². The molecule has 6 aromatic carbocycles. The molecule has 11 aromatic rings. The molecule has 0 radical (unpaired) electrons. The highest BCUT2D eigenvalue weighted by molar-refractivity contribution is 7.99. The number of aryl methyl sites for hydroxylation is 11. The number of halogens is 1. The van der Waals surface area contributed by atoms with E-state index in [1.54, 1.807) is 154 Å². The summed E-state index contributed by atoms with van der Waals surface area (Å²) in [6, 6.07) is 35.4. The second-order valence-electron chi connectivity index (χ2n) is 39.5. The second-order valence-corrected chi connectivity index (χ2v) is 42.5. The quantitative estimate of drug-likeness (QED) is 0.0139. The summed E-state index contributed by atoms with van der Waals surface area (Å²) >= 11 is 9.84. The fourth-order valence-corrected chi connectivity index (χ4v) is 19.0. The number of aromatic hydroxyl groups is 1. The molecule has 8 heterocycles. The SMILES string of the molecule is CCOC(=O)C(C)(C)Oc1c(C)cc(C[C@H]2CCC[C@@H]2C(=O)c2ccc(SC)cc2)cc1C.CCOC(=O)C(C)(C)Oc1c(C)cc(C[C@H]2CN(C(=O)Oc3cnn(C)c3)C[C@@H]2C(=O)c2ccc(SC)cc2)cc1C.CSc1ccc(C(=O)[C@H]2CN(C(=O)Oc3cnn(C)c3)C[C@@H]2Cc2cc(C)c(OC(C)(C)C(=O)O)c(C)c2)cc1.Cn1cc(B2OC(C)(C)C(C)(C)O2)cn1.Cn1cc(O)cn1.Cn1cc(OC(=O)Cl)cn1.